The monoisotopic (exact) mass is 343 g/mol. The second-order valence-electron chi connectivity index (χ2n) is 8.44. The van der Waals surface area contributed by atoms with Gasteiger partial charge in [-0.1, -0.05) is 6.07 Å². The van der Waals surface area contributed by atoms with E-state index < -0.39 is 0 Å². The zero-order valence-corrected chi connectivity index (χ0v) is 15.3. The van der Waals surface area contributed by atoms with Crippen LogP contribution in [0.15, 0.2) is 18.2 Å². The van der Waals surface area contributed by atoms with Gasteiger partial charge in [-0.15, -0.1) is 0 Å². The Balaban J connectivity index is 1.35. The minimum atomic E-state index is 0.115. The Hall–Kier alpha value is -1.71. The molecule has 4 fully saturated rings. The number of ether oxygens (including phenoxy) is 2. The summed E-state index contributed by atoms with van der Waals surface area (Å²) in [5, 5.41) is 3.45. The second-order valence-corrected chi connectivity index (χ2v) is 8.44. The minimum absolute atomic E-state index is 0.115. The smallest absolute Gasteiger partial charge is 0.220 e. The zero-order valence-electron chi connectivity index (χ0n) is 15.3. The van der Waals surface area contributed by atoms with Crippen LogP contribution in [-0.4, -0.2) is 25.7 Å². The maximum absolute atomic E-state index is 12.6. The number of hydrogen-bond acceptors (Lipinski definition) is 3. The van der Waals surface area contributed by atoms with E-state index in [0.29, 0.717) is 6.42 Å². The fraction of sp³-hybridized carbons (Fsp3) is 0.667. The maximum Gasteiger partial charge on any atom is 0.220 e. The highest BCUT2D eigenvalue weighted by Crippen LogP contribution is 2.55. The number of nitrogens with one attached hydrogen (secondary N) is 1. The van der Waals surface area contributed by atoms with E-state index in [1.165, 1.54) is 38.5 Å². The van der Waals surface area contributed by atoms with Crippen molar-refractivity contribution in [2.45, 2.75) is 56.9 Å². The number of benzene rings is 1. The summed E-state index contributed by atoms with van der Waals surface area (Å²) in [4.78, 5) is 12.6. The Bertz CT molecular complexity index is 619. The summed E-state index contributed by atoms with van der Waals surface area (Å²) in [6.07, 6.45) is 9.11. The Morgan fingerprint density at radius 1 is 1.04 bits per heavy atom. The van der Waals surface area contributed by atoms with E-state index in [2.05, 4.69) is 5.32 Å². The summed E-state index contributed by atoms with van der Waals surface area (Å²) in [7, 11) is 3.28. The fourth-order valence-corrected chi connectivity index (χ4v) is 5.92. The molecule has 0 aliphatic heterocycles. The molecule has 5 rings (SSSR count). The van der Waals surface area contributed by atoms with E-state index in [1.54, 1.807) is 14.2 Å². The van der Waals surface area contributed by atoms with E-state index >= 15 is 0 Å². The second kappa shape index (κ2) is 6.54. The number of methoxy groups -OCH3 is 2. The average molecular weight is 343 g/mol. The highest BCUT2D eigenvalue weighted by molar-refractivity contribution is 5.77. The molecule has 1 aromatic rings. The molecule has 136 valence electrons. The van der Waals surface area contributed by atoms with Crippen molar-refractivity contribution >= 4 is 5.91 Å². The van der Waals surface area contributed by atoms with Crippen LogP contribution in [0.5, 0.6) is 11.5 Å². The molecule has 1 amide bonds. The molecule has 4 heteroatoms. The Labute approximate surface area is 150 Å². The van der Waals surface area contributed by atoms with Crippen molar-refractivity contribution in [3.05, 3.63) is 23.8 Å². The SMILES string of the molecule is COc1ccc(CCC(=O)NC23CC4CC(CC(C4)C2)C3)cc1OC. The molecular formula is C21H29NO3. The molecule has 4 saturated carbocycles. The van der Waals surface area contributed by atoms with Crippen molar-refractivity contribution < 1.29 is 14.3 Å². The van der Waals surface area contributed by atoms with Gasteiger partial charge in [-0.2, -0.15) is 0 Å². The molecule has 0 unspecified atom stereocenters. The molecule has 1 aromatic carbocycles. The van der Waals surface area contributed by atoms with Crippen molar-refractivity contribution in [2.75, 3.05) is 14.2 Å². The third-order valence-electron chi connectivity index (χ3n) is 6.53. The minimum Gasteiger partial charge on any atom is -0.493 e. The van der Waals surface area contributed by atoms with E-state index in [9.17, 15) is 4.79 Å². The molecule has 0 heterocycles. The molecule has 0 aromatic heterocycles. The van der Waals surface area contributed by atoms with Crippen LogP contribution in [0.2, 0.25) is 0 Å². The predicted molar refractivity (Wildman–Crippen MR) is 96.9 cm³/mol. The first kappa shape index (κ1) is 16.7. The molecule has 4 aliphatic carbocycles. The van der Waals surface area contributed by atoms with Gasteiger partial charge in [0, 0.05) is 12.0 Å². The van der Waals surface area contributed by atoms with Crippen molar-refractivity contribution in [1.29, 1.82) is 0 Å². The van der Waals surface area contributed by atoms with Gasteiger partial charge in [-0.05, 0) is 80.4 Å². The first-order valence-corrected chi connectivity index (χ1v) is 9.61. The topological polar surface area (TPSA) is 47.6 Å². The molecule has 0 radical (unpaired) electrons. The fourth-order valence-electron chi connectivity index (χ4n) is 5.92. The highest BCUT2D eigenvalue weighted by Gasteiger charge is 2.51. The first-order valence-electron chi connectivity index (χ1n) is 9.61. The van der Waals surface area contributed by atoms with E-state index in [-0.39, 0.29) is 11.4 Å². The molecule has 4 aliphatic rings. The number of amides is 1. The standard InChI is InChI=1S/C21H29NO3/c1-24-18-5-3-14(10-19(18)25-2)4-6-20(23)22-21-11-15-7-16(12-21)9-17(8-15)13-21/h3,5,10,15-17H,4,6-9,11-13H2,1-2H3,(H,22,23). The molecular weight excluding hydrogens is 314 g/mol. The summed E-state index contributed by atoms with van der Waals surface area (Å²) in [6.45, 7) is 0. The number of aryl methyl sites for hydroxylation is 1. The van der Waals surface area contributed by atoms with Gasteiger partial charge in [0.1, 0.15) is 0 Å². The van der Waals surface area contributed by atoms with Gasteiger partial charge in [0.15, 0.2) is 11.5 Å². The number of rotatable bonds is 6. The largest absolute Gasteiger partial charge is 0.493 e. The van der Waals surface area contributed by atoms with Gasteiger partial charge in [0.25, 0.3) is 0 Å². The Morgan fingerprint density at radius 2 is 1.64 bits per heavy atom. The van der Waals surface area contributed by atoms with Crippen molar-refractivity contribution in [3.8, 4) is 11.5 Å². The third kappa shape index (κ3) is 3.36. The molecule has 0 atom stereocenters. The van der Waals surface area contributed by atoms with Crippen LogP contribution in [-0.2, 0) is 11.2 Å². The first-order chi connectivity index (χ1) is 12.1. The van der Waals surface area contributed by atoms with Gasteiger partial charge in [-0.3, -0.25) is 4.79 Å². The molecule has 0 spiro atoms. The zero-order chi connectivity index (χ0) is 17.4. The predicted octanol–water partition coefficient (Wildman–Crippen LogP) is 3.72. The van der Waals surface area contributed by atoms with E-state index in [1.807, 2.05) is 18.2 Å². The Kier molecular flexibility index (Phi) is 4.38. The van der Waals surface area contributed by atoms with Gasteiger partial charge < -0.3 is 14.8 Å². The van der Waals surface area contributed by atoms with E-state index in [4.69, 9.17) is 9.47 Å². The molecule has 0 saturated heterocycles. The van der Waals surface area contributed by atoms with Gasteiger partial charge >= 0.3 is 0 Å². The lowest BCUT2D eigenvalue weighted by Gasteiger charge is -2.56. The lowest BCUT2D eigenvalue weighted by Crippen LogP contribution is -2.59. The van der Waals surface area contributed by atoms with Gasteiger partial charge in [0.05, 0.1) is 14.2 Å². The van der Waals surface area contributed by atoms with Gasteiger partial charge in [0.2, 0.25) is 5.91 Å². The summed E-state index contributed by atoms with van der Waals surface area (Å²) in [5.74, 6) is 4.23. The highest BCUT2D eigenvalue weighted by atomic mass is 16.5. The Morgan fingerprint density at radius 3 is 2.20 bits per heavy atom. The molecule has 4 bridgehead atoms. The lowest BCUT2D eigenvalue weighted by molar-refractivity contribution is -0.126. The van der Waals surface area contributed by atoms with Crippen LogP contribution in [0, 0.1) is 17.8 Å². The van der Waals surface area contributed by atoms with Crippen LogP contribution >= 0.6 is 0 Å². The van der Waals surface area contributed by atoms with Crippen molar-refractivity contribution in [1.82, 2.24) is 5.32 Å². The molecule has 4 nitrogen and oxygen atoms in total. The lowest BCUT2D eigenvalue weighted by atomic mass is 9.53. The van der Waals surface area contributed by atoms with Crippen LogP contribution in [0.25, 0.3) is 0 Å². The summed E-state index contributed by atoms with van der Waals surface area (Å²) in [6, 6.07) is 5.89. The van der Waals surface area contributed by atoms with Crippen molar-refractivity contribution in [3.63, 3.8) is 0 Å². The van der Waals surface area contributed by atoms with Crippen molar-refractivity contribution in [2.24, 2.45) is 17.8 Å². The average Bonchev–Trinajstić information content (AvgIpc) is 2.58. The number of hydrogen-bond donors (Lipinski definition) is 1. The number of carbonyl (C=O) groups excluding carboxylic acids is 1. The maximum atomic E-state index is 12.6. The summed E-state index contributed by atoms with van der Waals surface area (Å²) < 4.78 is 10.6. The molecule has 1 N–H and O–H groups in total. The van der Waals surface area contributed by atoms with Crippen LogP contribution in [0.4, 0.5) is 0 Å². The molecule has 25 heavy (non-hydrogen) atoms. The van der Waals surface area contributed by atoms with Crippen LogP contribution < -0.4 is 14.8 Å². The number of carbonyl (C=O) groups is 1. The van der Waals surface area contributed by atoms with Crippen LogP contribution in [0.3, 0.4) is 0 Å². The normalized spacial score (nSPS) is 32.5. The van der Waals surface area contributed by atoms with E-state index in [0.717, 1.165) is 41.2 Å². The third-order valence-corrected chi connectivity index (χ3v) is 6.53. The summed E-state index contributed by atoms with van der Waals surface area (Å²) in [5.41, 5.74) is 1.22. The van der Waals surface area contributed by atoms with Crippen LogP contribution in [0.1, 0.15) is 50.5 Å². The quantitative estimate of drug-likeness (QED) is 0.856. The van der Waals surface area contributed by atoms with Gasteiger partial charge in [-0.25, -0.2) is 0 Å². The summed E-state index contributed by atoms with van der Waals surface area (Å²) >= 11 is 0.